The summed E-state index contributed by atoms with van der Waals surface area (Å²) in [6.07, 6.45) is 1.97. The molecular weight excluding hydrogens is 394 g/mol. The molecule has 2 aromatic carbocycles. The van der Waals surface area contributed by atoms with Crippen molar-refractivity contribution in [3.05, 3.63) is 60.2 Å². The number of rotatable bonds is 5. The molecule has 2 aromatic rings. The average Bonchev–Trinajstić information content (AvgIpc) is 2.76. The van der Waals surface area contributed by atoms with E-state index >= 15 is 0 Å². The number of carbonyl (C=O) groups is 1. The van der Waals surface area contributed by atoms with Crippen LogP contribution in [0.15, 0.2) is 59.5 Å². The predicted molar refractivity (Wildman–Crippen MR) is 123 cm³/mol. The minimum absolute atomic E-state index is 0.0227. The Kier molecular flexibility index (Phi) is 6.29. The van der Waals surface area contributed by atoms with Crippen molar-refractivity contribution < 1.29 is 4.79 Å². The minimum atomic E-state index is 0.0227. The van der Waals surface area contributed by atoms with Gasteiger partial charge >= 0.3 is 6.03 Å². The van der Waals surface area contributed by atoms with Crippen molar-refractivity contribution in [2.24, 2.45) is 11.7 Å². The van der Waals surface area contributed by atoms with Crippen LogP contribution in [0.25, 0.3) is 0 Å². The Morgan fingerprint density at radius 3 is 2.50 bits per heavy atom. The molecule has 2 aliphatic heterocycles. The fourth-order valence-electron chi connectivity index (χ4n) is 4.25. The monoisotopic (exact) mass is 423 g/mol. The van der Waals surface area contributed by atoms with E-state index in [-0.39, 0.29) is 17.9 Å². The fourth-order valence-corrected chi connectivity index (χ4v) is 5.22. The van der Waals surface area contributed by atoms with E-state index in [9.17, 15) is 4.79 Å². The first-order valence-electron chi connectivity index (χ1n) is 10.5. The number of nitrogen functional groups attached to an aromatic ring is 1. The van der Waals surface area contributed by atoms with E-state index in [0.29, 0.717) is 18.0 Å². The molecule has 30 heavy (non-hydrogen) atoms. The lowest BCUT2D eigenvalue weighted by molar-refractivity contribution is 0.129. The number of carbonyl (C=O) groups excluding carboxylic acids is 1. The average molecular weight is 424 g/mol. The van der Waals surface area contributed by atoms with Crippen LogP contribution in [0, 0.1) is 11.3 Å². The summed E-state index contributed by atoms with van der Waals surface area (Å²) in [6, 6.07) is 18.2. The highest BCUT2D eigenvalue weighted by Crippen LogP contribution is 2.31. The van der Waals surface area contributed by atoms with Gasteiger partial charge in [-0.2, -0.15) is 0 Å². The molecule has 2 saturated heterocycles. The molecular formula is C23H29N5OS. The third-order valence-electron chi connectivity index (χ3n) is 5.79. The van der Waals surface area contributed by atoms with Crippen LogP contribution < -0.4 is 10.6 Å². The van der Waals surface area contributed by atoms with Crippen molar-refractivity contribution >= 4 is 29.5 Å². The zero-order chi connectivity index (χ0) is 21.1. The van der Waals surface area contributed by atoms with E-state index in [1.165, 1.54) is 4.90 Å². The Hall–Kier alpha value is -2.51. The Morgan fingerprint density at radius 2 is 1.80 bits per heavy atom. The molecule has 158 valence electrons. The molecule has 7 heteroatoms. The predicted octanol–water partition coefficient (Wildman–Crippen LogP) is 4.02. The molecule has 1 atom stereocenters. The van der Waals surface area contributed by atoms with Gasteiger partial charge in [-0.05, 0) is 55.0 Å². The van der Waals surface area contributed by atoms with Gasteiger partial charge in [0.25, 0.3) is 0 Å². The molecule has 2 amide bonds. The number of nitrogens with one attached hydrogen (secondary N) is 1. The highest BCUT2D eigenvalue weighted by atomic mass is 32.2. The molecule has 0 aromatic heterocycles. The van der Waals surface area contributed by atoms with Crippen LogP contribution in [0.4, 0.5) is 10.5 Å². The Morgan fingerprint density at radius 1 is 1.07 bits per heavy atom. The standard InChI is InChI=1S/C23H29N5OS/c1-17-15-27(19-10-12-26(13-11-19)30-21-8-3-2-4-9-21)23(29)28(16-17)20-7-5-6-18(14-20)22(24)25/h2-9,14,17,19H,10-13,15-16H2,1H3,(H3,24,25). The quantitative estimate of drug-likeness (QED) is 0.433. The van der Waals surface area contributed by atoms with E-state index < -0.39 is 0 Å². The van der Waals surface area contributed by atoms with Gasteiger partial charge in [-0.25, -0.2) is 9.10 Å². The highest BCUT2D eigenvalue weighted by molar-refractivity contribution is 7.97. The normalized spacial score (nSPS) is 21.1. The van der Waals surface area contributed by atoms with Crippen LogP contribution in [-0.2, 0) is 0 Å². The first kappa shape index (κ1) is 20.8. The lowest BCUT2D eigenvalue weighted by atomic mass is 10.00. The van der Waals surface area contributed by atoms with Gasteiger partial charge in [0.15, 0.2) is 0 Å². The van der Waals surface area contributed by atoms with Crippen molar-refractivity contribution in [2.75, 3.05) is 31.1 Å². The van der Waals surface area contributed by atoms with Gasteiger partial charge < -0.3 is 10.6 Å². The van der Waals surface area contributed by atoms with Gasteiger partial charge in [0.2, 0.25) is 0 Å². The maximum Gasteiger partial charge on any atom is 0.324 e. The van der Waals surface area contributed by atoms with Gasteiger partial charge in [-0.3, -0.25) is 10.3 Å². The number of hydrogen-bond donors (Lipinski definition) is 2. The molecule has 3 N–H and O–H groups in total. The molecule has 0 saturated carbocycles. The van der Waals surface area contributed by atoms with E-state index in [1.54, 1.807) is 11.9 Å². The van der Waals surface area contributed by atoms with Gasteiger partial charge in [0.1, 0.15) is 5.84 Å². The van der Waals surface area contributed by atoms with E-state index in [2.05, 4.69) is 40.4 Å². The molecule has 1 unspecified atom stereocenters. The summed E-state index contributed by atoms with van der Waals surface area (Å²) < 4.78 is 2.40. The molecule has 6 nitrogen and oxygen atoms in total. The Bertz CT molecular complexity index is 897. The molecule has 2 heterocycles. The SMILES string of the molecule is CC1CN(c2cccc(C(=N)N)c2)C(=O)N(C2CCN(Sc3ccccc3)CC2)C1. The summed E-state index contributed by atoms with van der Waals surface area (Å²) >= 11 is 1.80. The Labute approximate surface area is 182 Å². The summed E-state index contributed by atoms with van der Waals surface area (Å²) in [5.74, 6) is 0.412. The number of piperidine rings is 1. The van der Waals surface area contributed by atoms with Crippen LogP contribution in [0.3, 0.4) is 0 Å². The second-order valence-electron chi connectivity index (χ2n) is 8.18. The number of benzene rings is 2. The summed E-state index contributed by atoms with van der Waals surface area (Å²) in [7, 11) is 0. The molecule has 2 aliphatic rings. The molecule has 0 radical (unpaired) electrons. The largest absolute Gasteiger partial charge is 0.384 e. The first-order valence-corrected chi connectivity index (χ1v) is 11.3. The smallest absolute Gasteiger partial charge is 0.324 e. The van der Waals surface area contributed by atoms with Crippen molar-refractivity contribution in [3.63, 3.8) is 0 Å². The van der Waals surface area contributed by atoms with Crippen LogP contribution in [0.1, 0.15) is 25.3 Å². The molecule has 0 aliphatic carbocycles. The van der Waals surface area contributed by atoms with Crippen molar-refractivity contribution in [2.45, 2.75) is 30.7 Å². The van der Waals surface area contributed by atoms with Crippen LogP contribution in [0.5, 0.6) is 0 Å². The number of nitrogens with zero attached hydrogens (tertiary/aromatic N) is 3. The summed E-state index contributed by atoms with van der Waals surface area (Å²) in [4.78, 5) is 18.6. The maximum atomic E-state index is 13.4. The molecule has 0 bridgehead atoms. The zero-order valence-electron chi connectivity index (χ0n) is 17.3. The van der Waals surface area contributed by atoms with Gasteiger partial charge in [-0.1, -0.05) is 37.3 Å². The third kappa shape index (κ3) is 4.63. The number of anilines is 1. The number of nitrogens with two attached hydrogens (primary N) is 1. The molecule has 2 fully saturated rings. The lowest BCUT2D eigenvalue weighted by Gasteiger charge is -2.45. The fraction of sp³-hybridized carbons (Fsp3) is 0.391. The molecule has 0 spiro atoms. The number of amides is 2. The lowest BCUT2D eigenvalue weighted by Crippen LogP contribution is -2.58. The number of hydrogen-bond acceptors (Lipinski definition) is 4. The van der Waals surface area contributed by atoms with Crippen molar-refractivity contribution in [1.82, 2.24) is 9.21 Å². The zero-order valence-corrected chi connectivity index (χ0v) is 18.1. The summed E-state index contributed by atoms with van der Waals surface area (Å²) in [6.45, 7) is 5.64. The second-order valence-corrected chi connectivity index (χ2v) is 9.35. The number of urea groups is 1. The minimum Gasteiger partial charge on any atom is -0.384 e. The maximum absolute atomic E-state index is 13.4. The third-order valence-corrected chi connectivity index (χ3v) is 6.90. The number of amidine groups is 1. The summed E-state index contributed by atoms with van der Waals surface area (Å²) in [5, 5.41) is 7.69. The first-order chi connectivity index (χ1) is 14.5. The van der Waals surface area contributed by atoms with Gasteiger partial charge in [-0.15, -0.1) is 0 Å². The summed E-state index contributed by atoms with van der Waals surface area (Å²) in [5.41, 5.74) is 7.12. The van der Waals surface area contributed by atoms with Crippen molar-refractivity contribution in [1.29, 1.82) is 5.41 Å². The van der Waals surface area contributed by atoms with Gasteiger partial charge in [0.05, 0.1) is 0 Å². The molecule has 4 rings (SSSR count). The van der Waals surface area contributed by atoms with E-state index in [4.69, 9.17) is 11.1 Å². The highest BCUT2D eigenvalue weighted by Gasteiger charge is 2.36. The van der Waals surface area contributed by atoms with E-state index in [0.717, 1.165) is 38.2 Å². The van der Waals surface area contributed by atoms with Crippen molar-refractivity contribution in [3.8, 4) is 0 Å². The topological polar surface area (TPSA) is 76.7 Å². The van der Waals surface area contributed by atoms with Crippen LogP contribution in [0.2, 0.25) is 0 Å². The van der Waals surface area contributed by atoms with Crippen LogP contribution in [-0.4, -0.2) is 53.3 Å². The van der Waals surface area contributed by atoms with Crippen LogP contribution >= 0.6 is 11.9 Å². The Balaban J connectivity index is 1.42. The van der Waals surface area contributed by atoms with E-state index in [1.807, 2.05) is 35.2 Å². The van der Waals surface area contributed by atoms with Gasteiger partial charge in [0, 0.05) is 48.4 Å². The second kappa shape index (κ2) is 9.10.